The lowest BCUT2D eigenvalue weighted by atomic mass is 10.1. The first kappa shape index (κ1) is 13.7. The second-order valence-electron chi connectivity index (χ2n) is 4.51. The topological polar surface area (TPSA) is 50.7 Å². The number of fused-ring (bicyclic) bond motifs is 1. The number of rotatable bonds is 4. The molecule has 3 aromatic rings. The van der Waals surface area contributed by atoms with Crippen LogP contribution in [0.4, 0.5) is 10.2 Å². The zero-order valence-corrected chi connectivity index (χ0v) is 11.8. The van der Waals surface area contributed by atoms with Crippen LogP contribution in [0.1, 0.15) is 5.56 Å². The van der Waals surface area contributed by atoms with E-state index in [1.807, 2.05) is 6.07 Å². The van der Waals surface area contributed by atoms with Crippen LogP contribution in [-0.4, -0.2) is 21.5 Å². The van der Waals surface area contributed by atoms with Gasteiger partial charge in [-0.05, 0) is 30.2 Å². The Hall–Kier alpha value is -2.27. The number of pyridine rings is 1. The van der Waals surface area contributed by atoms with Crippen molar-refractivity contribution in [1.29, 1.82) is 0 Å². The number of hydrogen-bond donors (Lipinski definition) is 1. The first-order valence-electron chi connectivity index (χ1n) is 6.47. The van der Waals surface area contributed by atoms with Crippen molar-refractivity contribution >= 4 is 28.3 Å². The van der Waals surface area contributed by atoms with Crippen LogP contribution >= 0.6 is 11.6 Å². The molecule has 1 N–H and O–H groups in total. The minimum absolute atomic E-state index is 0.219. The van der Waals surface area contributed by atoms with E-state index in [2.05, 4.69) is 20.3 Å². The van der Waals surface area contributed by atoms with Crippen molar-refractivity contribution in [2.75, 3.05) is 11.9 Å². The van der Waals surface area contributed by atoms with Gasteiger partial charge in [-0.1, -0.05) is 17.7 Å². The molecule has 0 atom stereocenters. The van der Waals surface area contributed by atoms with Crippen molar-refractivity contribution in [1.82, 2.24) is 15.0 Å². The summed E-state index contributed by atoms with van der Waals surface area (Å²) in [6.45, 7) is 0.552. The Morgan fingerprint density at radius 3 is 2.90 bits per heavy atom. The third-order valence-electron chi connectivity index (χ3n) is 3.13. The van der Waals surface area contributed by atoms with Gasteiger partial charge in [0.25, 0.3) is 0 Å². The molecule has 4 nitrogen and oxygen atoms in total. The second kappa shape index (κ2) is 6.01. The van der Waals surface area contributed by atoms with Crippen LogP contribution < -0.4 is 5.32 Å². The highest BCUT2D eigenvalue weighted by molar-refractivity contribution is 6.29. The molecular formula is C15H12ClFN4. The third kappa shape index (κ3) is 3.08. The number of anilines is 1. The van der Waals surface area contributed by atoms with Crippen molar-refractivity contribution < 1.29 is 4.39 Å². The summed E-state index contributed by atoms with van der Waals surface area (Å²) >= 11 is 5.77. The Balaban J connectivity index is 1.72. The van der Waals surface area contributed by atoms with E-state index in [1.54, 1.807) is 30.5 Å². The lowest BCUT2D eigenvalue weighted by molar-refractivity contribution is 0.622. The predicted molar refractivity (Wildman–Crippen MR) is 80.9 cm³/mol. The highest BCUT2D eigenvalue weighted by Gasteiger charge is 2.07. The molecule has 2 heterocycles. The smallest absolute Gasteiger partial charge is 0.135 e. The molecule has 0 spiro atoms. The standard InChI is InChI=1S/C15H12ClFN4/c16-13-8-14(21-9-20-13)19-7-5-10-3-4-12-11(15(10)17)2-1-6-18-12/h1-4,6,8-9H,5,7H2,(H,19,20,21). The van der Waals surface area contributed by atoms with E-state index in [4.69, 9.17) is 11.6 Å². The van der Waals surface area contributed by atoms with E-state index >= 15 is 0 Å². The van der Waals surface area contributed by atoms with E-state index in [0.29, 0.717) is 40.4 Å². The summed E-state index contributed by atoms with van der Waals surface area (Å²) < 4.78 is 14.3. The summed E-state index contributed by atoms with van der Waals surface area (Å²) in [5, 5.41) is 4.00. The number of aromatic nitrogens is 3. The maximum absolute atomic E-state index is 14.3. The lowest BCUT2D eigenvalue weighted by Crippen LogP contribution is -2.07. The molecule has 0 aliphatic heterocycles. The zero-order valence-electron chi connectivity index (χ0n) is 11.1. The van der Waals surface area contributed by atoms with Crippen LogP contribution in [0.3, 0.4) is 0 Å². The van der Waals surface area contributed by atoms with Crippen molar-refractivity contribution in [3.8, 4) is 0 Å². The zero-order chi connectivity index (χ0) is 14.7. The first-order chi connectivity index (χ1) is 10.2. The number of benzene rings is 1. The molecule has 0 aliphatic carbocycles. The SMILES string of the molecule is Fc1c(CCNc2cc(Cl)ncn2)ccc2ncccc12. The monoisotopic (exact) mass is 302 g/mol. The Bertz CT molecular complexity index is 778. The summed E-state index contributed by atoms with van der Waals surface area (Å²) in [5.74, 6) is 0.404. The summed E-state index contributed by atoms with van der Waals surface area (Å²) in [6.07, 6.45) is 3.58. The Labute approximate surface area is 126 Å². The van der Waals surface area contributed by atoms with E-state index < -0.39 is 0 Å². The molecule has 2 aromatic heterocycles. The average molecular weight is 303 g/mol. The molecule has 0 amide bonds. The minimum atomic E-state index is -0.219. The molecule has 0 saturated carbocycles. The van der Waals surface area contributed by atoms with Gasteiger partial charge in [0.2, 0.25) is 0 Å². The van der Waals surface area contributed by atoms with Gasteiger partial charge < -0.3 is 5.32 Å². The van der Waals surface area contributed by atoms with E-state index in [-0.39, 0.29) is 5.82 Å². The molecule has 0 bridgehead atoms. The Morgan fingerprint density at radius 1 is 1.14 bits per heavy atom. The molecule has 21 heavy (non-hydrogen) atoms. The maximum Gasteiger partial charge on any atom is 0.135 e. The van der Waals surface area contributed by atoms with Crippen LogP contribution in [0.15, 0.2) is 42.9 Å². The number of halogens is 2. The molecular weight excluding hydrogens is 291 g/mol. The van der Waals surface area contributed by atoms with Gasteiger partial charge in [0.15, 0.2) is 0 Å². The normalized spacial score (nSPS) is 10.8. The molecule has 0 saturated heterocycles. The molecule has 3 rings (SSSR count). The molecule has 1 aromatic carbocycles. The average Bonchev–Trinajstić information content (AvgIpc) is 2.50. The van der Waals surface area contributed by atoms with Gasteiger partial charge in [-0.2, -0.15) is 0 Å². The van der Waals surface area contributed by atoms with Crippen molar-refractivity contribution in [3.63, 3.8) is 0 Å². The van der Waals surface area contributed by atoms with Gasteiger partial charge in [-0.25, -0.2) is 14.4 Å². The second-order valence-corrected chi connectivity index (χ2v) is 4.90. The highest BCUT2D eigenvalue weighted by atomic mass is 35.5. The van der Waals surface area contributed by atoms with Crippen LogP contribution in [0.25, 0.3) is 10.9 Å². The maximum atomic E-state index is 14.3. The molecule has 0 unspecified atom stereocenters. The fraction of sp³-hybridized carbons (Fsp3) is 0.133. The fourth-order valence-corrected chi connectivity index (χ4v) is 2.26. The number of nitrogens with one attached hydrogen (secondary N) is 1. The van der Waals surface area contributed by atoms with Crippen LogP contribution in [-0.2, 0) is 6.42 Å². The van der Waals surface area contributed by atoms with Crippen molar-refractivity contribution in [2.24, 2.45) is 0 Å². The molecule has 0 aliphatic rings. The predicted octanol–water partition coefficient (Wildman–Crippen LogP) is 3.47. The summed E-state index contributed by atoms with van der Waals surface area (Å²) in [6, 6.07) is 8.69. The Kier molecular flexibility index (Phi) is 3.92. The van der Waals surface area contributed by atoms with Gasteiger partial charge in [0.1, 0.15) is 23.1 Å². The summed E-state index contributed by atoms with van der Waals surface area (Å²) in [7, 11) is 0. The van der Waals surface area contributed by atoms with Crippen LogP contribution in [0.5, 0.6) is 0 Å². The molecule has 0 fully saturated rings. The quantitative estimate of drug-likeness (QED) is 0.750. The van der Waals surface area contributed by atoms with Gasteiger partial charge in [-0.3, -0.25) is 4.98 Å². The van der Waals surface area contributed by atoms with Crippen LogP contribution in [0.2, 0.25) is 5.15 Å². The van der Waals surface area contributed by atoms with Crippen molar-refractivity contribution in [3.05, 3.63) is 59.4 Å². The van der Waals surface area contributed by atoms with Gasteiger partial charge in [-0.15, -0.1) is 0 Å². The fourth-order valence-electron chi connectivity index (χ4n) is 2.11. The largest absolute Gasteiger partial charge is 0.370 e. The van der Waals surface area contributed by atoms with E-state index in [9.17, 15) is 4.39 Å². The minimum Gasteiger partial charge on any atom is -0.370 e. The number of hydrogen-bond acceptors (Lipinski definition) is 4. The van der Waals surface area contributed by atoms with Crippen LogP contribution in [0, 0.1) is 5.82 Å². The third-order valence-corrected chi connectivity index (χ3v) is 3.34. The van der Waals surface area contributed by atoms with Gasteiger partial charge >= 0.3 is 0 Å². The summed E-state index contributed by atoms with van der Waals surface area (Å²) in [5.41, 5.74) is 1.30. The van der Waals surface area contributed by atoms with Gasteiger partial charge in [0, 0.05) is 24.2 Å². The van der Waals surface area contributed by atoms with Gasteiger partial charge in [0.05, 0.1) is 5.52 Å². The first-order valence-corrected chi connectivity index (χ1v) is 6.85. The molecule has 6 heteroatoms. The molecule has 106 valence electrons. The van der Waals surface area contributed by atoms with Crippen molar-refractivity contribution in [2.45, 2.75) is 6.42 Å². The number of nitrogens with zero attached hydrogens (tertiary/aromatic N) is 3. The highest BCUT2D eigenvalue weighted by Crippen LogP contribution is 2.19. The van der Waals surface area contributed by atoms with E-state index in [1.165, 1.54) is 6.33 Å². The molecule has 0 radical (unpaired) electrons. The van der Waals surface area contributed by atoms with E-state index in [0.717, 1.165) is 0 Å². The lowest BCUT2D eigenvalue weighted by Gasteiger charge is -2.08. The Morgan fingerprint density at radius 2 is 2.05 bits per heavy atom. The summed E-state index contributed by atoms with van der Waals surface area (Å²) in [4.78, 5) is 12.0.